The first-order valence-corrected chi connectivity index (χ1v) is 9.47. The highest BCUT2D eigenvalue weighted by Crippen LogP contribution is 2.18. The average molecular weight is 426 g/mol. The molecule has 0 aliphatic heterocycles. The molecule has 1 N–H and O–H groups in total. The summed E-state index contributed by atoms with van der Waals surface area (Å²) >= 11 is 0. The van der Waals surface area contributed by atoms with E-state index in [1.807, 2.05) is 6.07 Å². The van der Waals surface area contributed by atoms with E-state index in [1.165, 1.54) is 18.2 Å². The third kappa shape index (κ3) is 5.04. The molecule has 3 aromatic rings. The summed E-state index contributed by atoms with van der Waals surface area (Å²) in [5.41, 5.74) is -1.27. The molecule has 0 saturated heterocycles. The Morgan fingerprint density at radius 3 is 2.68 bits per heavy atom. The molecule has 3 rings (SSSR count). The molecule has 1 heterocycles. The van der Waals surface area contributed by atoms with Crippen molar-refractivity contribution in [2.75, 3.05) is 6.54 Å². The molecule has 1 amide bonds. The lowest BCUT2D eigenvalue weighted by atomic mass is 10.1. The third-order valence-electron chi connectivity index (χ3n) is 4.20. The minimum atomic E-state index is -0.765. The van der Waals surface area contributed by atoms with Crippen LogP contribution in [-0.2, 0) is 11.2 Å². The predicted octanol–water partition coefficient (Wildman–Crippen LogP) is 3.60. The Hall–Kier alpha value is -3.80. The number of halogens is 2. The molecule has 0 radical (unpaired) electrons. The number of rotatable bonds is 4. The number of fused-ring (bicyclic) bond motifs is 1. The molecule has 0 atom stereocenters. The van der Waals surface area contributed by atoms with Crippen molar-refractivity contribution in [1.82, 2.24) is 14.9 Å². The second-order valence-electron chi connectivity index (χ2n) is 7.79. The number of nitriles is 1. The second kappa shape index (κ2) is 8.52. The smallest absolute Gasteiger partial charge is 0.407 e. The Kier molecular flexibility index (Phi) is 6.02. The summed E-state index contributed by atoms with van der Waals surface area (Å²) in [6.07, 6.45) is -0.579. The predicted molar refractivity (Wildman–Crippen MR) is 110 cm³/mol. The van der Waals surface area contributed by atoms with Gasteiger partial charge in [0.25, 0.3) is 5.56 Å². The molecule has 2 aromatic carbocycles. The average Bonchev–Trinajstić information content (AvgIpc) is 2.66. The first-order valence-electron chi connectivity index (χ1n) is 9.47. The van der Waals surface area contributed by atoms with Gasteiger partial charge in [-0.2, -0.15) is 5.26 Å². The van der Waals surface area contributed by atoms with Gasteiger partial charge in [-0.05, 0) is 51.1 Å². The number of benzene rings is 2. The van der Waals surface area contributed by atoms with Crippen molar-refractivity contribution in [3.05, 3.63) is 69.8 Å². The topological polar surface area (TPSA) is 97.0 Å². The zero-order valence-electron chi connectivity index (χ0n) is 17.2. The van der Waals surface area contributed by atoms with Crippen LogP contribution in [0.3, 0.4) is 0 Å². The van der Waals surface area contributed by atoms with Crippen molar-refractivity contribution >= 4 is 17.0 Å². The van der Waals surface area contributed by atoms with E-state index in [4.69, 9.17) is 10.00 Å². The summed E-state index contributed by atoms with van der Waals surface area (Å²) in [5, 5.41) is 11.4. The van der Waals surface area contributed by atoms with E-state index in [2.05, 4.69) is 10.3 Å². The molecule has 1 aromatic heterocycles. The normalized spacial score (nSPS) is 11.2. The number of ether oxygens (including phenoxy) is 1. The lowest BCUT2D eigenvalue weighted by molar-refractivity contribution is 0.0528. The van der Waals surface area contributed by atoms with Gasteiger partial charge >= 0.3 is 6.09 Å². The van der Waals surface area contributed by atoms with E-state index in [1.54, 1.807) is 20.8 Å². The molecular formula is C22H20F2N4O3. The van der Waals surface area contributed by atoms with Crippen molar-refractivity contribution < 1.29 is 18.3 Å². The monoisotopic (exact) mass is 426 g/mol. The van der Waals surface area contributed by atoms with Gasteiger partial charge in [-0.25, -0.2) is 18.6 Å². The zero-order chi connectivity index (χ0) is 22.8. The summed E-state index contributed by atoms with van der Waals surface area (Å²) in [6.45, 7) is 5.23. The van der Waals surface area contributed by atoms with Gasteiger partial charge in [0.05, 0.1) is 22.8 Å². The second-order valence-corrected chi connectivity index (χ2v) is 7.79. The van der Waals surface area contributed by atoms with Crippen molar-refractivity contribution in [3.63, 3.8) is 0 Å². The van der Waals surface area contributed by atoms with Crippen LogP contribution >= 0.6 is 0 Å². The lowest BCUT2D eigenvalue weighted by Crippen LogP contribution is -2.34. The highest BCUT2D eigenvalue weighted by Gasteiger charge is 2.18. The SMILES string of the molecule is CC(C)(C)OC(=O)NCCc1nc2cccc(F)c2c(=O)n1-c1cc(F)cc(C#N)c1. The molecular weight excluding hydrogens is 406 g/mol. The molecule has 9 heteroatoms. The highest BCUT2D eigenvalue weighted by atomic mass is 19.1. The molecule has 0 bridgehead atoms. The van der Waals surface area contributed by atoms with Gasteiger partial charge < -0.3 is 10.1 Å². The van der Waals surface area contributed by atoms with Crippen molar-refractivity contribution in [1.29, 1.82) is 5.26 Å². The number of amides is 1. The lowest BCUT2D eigenvalue weighted by Gasteiger charge is -2.20. The Morgan fingerprint density at radius 1 is 1.26 bits per heavy atom. The van der Waals surface area contributed by atoms with Crippen LogP contribution in [0.5, 0.6) is 0 Å². The molecule has 0 aliphatic carbocycles. The molecule has 7 nitrogen and oxygen atoms in total. The van der Waals surface area contributed by atoms with Gasteiger partial charge in [0, 0.05) is 13.0 Å². The largest absolute Gasteiger partial charge is 0.444 e. The van der Waals surface area contributed by atoms with Gasteiger partial charge in [0.2, 0.25) is 0 Å². The maximum atomic E-state index is 14.4. The van der Waals surface area contributed by atoms with Crippen LogP contribution in [0.25, 0.3) is 16.6 Å². The molecule has 0 spiro atoms. The summed E-state index contributed by atoms with van der Waals surface area (Å²) < 4.78 is 34.6. The fourth-order valence-corrected chi connectivity index (χ4v) is 3.03. The fraction of sp³-hybridized carbons (Fsp3) is 0.273. The van der Waals surface area contributed by atoms with Gasteiger partial charge in [-0.3, -0.25) is 9.36 Å². The Morgan fingerprint density at radius 2 is 2.00 bits per heavy atom. The summed E-state index contributed by atoms with van der Waals surface area (Å²) in [4.78, 5) is 29.4. The maximum Gasteiger partial charge on any atom is 0.407 e. The summed E-state index contributed by atoms with van der Waals surface area (Å²) in [6, 6.07) is 9.25. The van der Waals surface area contributed by atoms with E-state index in [0.717, 1.165) is 22.8 Å². The number of alkyl carbamates (subject to hydrolysis) is 1. The van der Waals surface area contributed by atoms with Crippen molar-refractivity contribution in [3.8, 4) is 11.8 Å². The highest BCUT2D eigenvalue weighted by molar-refractivity contribution is 5.78. The molecule has 160 valence electrons. The zero-order valence-corrected chi connectivity index (χ0v) is 17.2. The number of hydrogen-bond donors (Lipinski definition) is 1. The number of carbonyl (C=O) groups excluding carboxylic acids is 1. The number of carbonyl (C=O) groups is 1. The number of nitrogens with one attached hydrogen (secondary N) is 1. The van der Waals surface area contributed by atoms with Gasteiger partial charge in [-0.15, -0.1) is 0 Å². The fourth-order valence-electron chi connectivity index (χ4n) is 3.03. The summed E-state index contributed by atoms with van der Waals surface area (Å²) in [7, 11) is 0. The van der Waals surface area contributed by atoms with Crippen LogP contribution in [0.2, 0.25) is 0 Å². The standard InChI is InChI=1S/C22H20F2N4O3/c1-22(2,3)31-21(30)26-8-7-18-27-17-6-4-5-16(24)19(17)20(29)28(18)15-10-13(12-25)9-14(23)11-15/h4-6,9-11H,7-8H2,1-3H3,(H,26,30). The Labute approximate surface area is 176 Å². The van der Waals surface area contributed by atoms with Crippen molar-refractivity contribution in [2.24, 2.45) is 0 Å². The van der Waals surface area contributed by atoms with Crippen LogP contribution in [0.4, 0.5) is 13.6 Å². The van der Waals surface area contributed by atoms with Crippen LogP contribution in [0.1, 0.15) is 32.2 Å². The molecule has 0 aliphatic rings. The van der Waals surface area contributed by atoms with E-state index >= 15 is 0 Å². The van der Waals surface area contributed by atoms with Crippen LogP contribution in [0.15, 0.2) is 41.2 Å². The van der Waals surface area contributed by atoms with E-state index in [-0.39, 0.29) is 40.9 Å². The van der Waals surface area contributed by atoms with Gasteiger partial charge in [-0.1, -0.05) is 6.07 Å². The first-order chi connectivity index (χ1) is 14.6. The summed E-state index contributed by atoms with van der Waals surface area (Å²) in [5.74, 6) is -1.33. The quantitative estimate of drug-likeness (QED) is 0.688. The van der Waals surface area contributed by atoms with E-state index in [0.29, 0.717) is 0 Å². The molecule has 31 heavy (non-hydrogen) atoms. The first kappa shape index (κ1) is 21.9. The van der Waals surface area contributed by atoms with Crippen LogP contribution < -0.4 is 10.9 Å². The van der Waals surface area contributed by atoms with Gasteiger partial charge in [0.1, 0.15) is 28.4 Å². The minimum Gasteiger partial charge on any atom is -0.444 e. The molecule has 0 unspecified atom stereocenters. The minimum absolute atomic E-state index is 0.00615. The maximum absolute atomic E-state index is 14.4. The van der Waals surface area contributed by atoms with Crippen LogP contribution in [0, 0.1) is 23.0 Å². The van der Waals surface area contributed by atoms with Crippen LogP contribution in [-0.4, -0.2) is 27.8 Å². The number of hydrogen-bond acceptors (Lipinski definition) is 5. The number of nitrogens with zero attached hydrogens (tertiary/aromatic N) is 3. The Balaban J connectivity index is 2.07. The van der Waals surface area contributed by atoms with Crippen molar-refractivity contribution in [2.45, 2.75) is 32.8 Å². The van der Waals surface area contributed by atoms with E-state index in [9.17, 15) is 18.4 Å². The van der Waals surface area contributed by atoms with E-state index < -0.39 is 28.9 Å². The third-order valence-corrected chi connectivity index (χ3v) is 4.20. The van der Waals surface area contributed by atoms with Gasteiger partial charge in [0.15, 0.2) is 0 Å². The molecule has 0 saturated carbocycles. The number of aromatic nitrogens is 2. The Bertz CT molecular complexity index is 1260. The molecule has 0 fully saturated rings.